The molecule has 0 unspecified atom stereocenters. The molecule has 53 heavy (non-hydrogen) atoms. The molecule has 1 aliphatic rings. The second-order valence-electron chi connectivity index (χ2n) is 14.4. The summed E-state index contributed by atoms with van der Waals surface area (Å²) >= 11 is 0. The topological polar surface area (TPSA) is 29.3 Å². The zero-order valence-electron chi connectivity index (χ0n) is 29.6. The zero-order chi connectivity index (χ0) is 35.5. The van der Waals surface area contributed by atoms with E-state index in [4.69, 9.17) is 9.40 Å². The SMILES string of the molecule is CC1(C)c2ccccc2-c2ccc(N(c3ccc(-c4ccccc4)cc3)c3ccc(-c4cc5ccccc5c5oc(-c6ccccc6)nc45)cc3)cc21. The average molecular weight is 681 g/mol. The fourth-order valence-electron chi connectivity index (χ4n) is 8.17. The molecule has 252 valence electrons. The first-order chi connectivity index (χ1) is 26.0. The monoisotopic (exact) mass is 680 g/mol. The lowest BCUT2D eigenvalue weighted by Crippen LogP contribution is -2.16. The van der Waals surface area contributed by atoms with Gasteiger partial charge in [-0.25, -0.2) is 4.98 Å². The molecular formula is C50H36N2O. The van der Waals surface area contributed by atoms with Gasteiger partial charge in [0.15, 0.2) is 5.58 Å². The third-order valence-corrected chi connectivity index (χ3v) is 10.9. The quantitative estimate of drug-likeness (QED) is 0.175. The van der Waals surface area contributed by atoms with E-state index in [1.807, 2.05) is 30.3 Å². The summed E-state index contributed by atoms with van der Waals surface area (Å²) in [7, 11) is 0. The third-order valence-electron chi connectivity index (χ3n) is 10.9. The van der Waals surface area contributed by atoms with Crippen molar-refractivity contribution in [2.24, 2.45) is 0 Å². The van der Waals surface area contributed by atoms with Crippen LogP contribution in [0.5, 0.6) is 0 Å². The summed E-state index contributed by atoms with van der Waals surface area (Å²) in [5.41, 5.74) is 15.7. The van der Waals surface area contributed by atoms with Crippen molar-refractivity contribution >= 4 is 38.9 Å². The van der Waals surface area contributed by atoms with Crippen LogP contribution in [0.3, 0.4) is 0 Å². The number of hydrogen-bond acceptors (Lipinski definition) is 3. The van der Waals surface area contributed by atoms with Crippen LogP contribution in [0.25, 0.3) is 66.7 Å². The molecule has 10 rings (SSSR count). The number of anilines is 3. The van der Waals surface area contributed by atoms with Gasteiger partial charge in [0, 0.05) is 39.0 Å². The van der Waals surface area contributed by atoms with Gasteiger partial charge < -0.3 is 9.32 Å². The number of hydrogen-bond donors (Lipinski definition) is 0. The number of nitrogens with zero attached hydrogens (tertiary/aromatic N) is 2. The Hall–Kier alpha value is -6.71. The van der Waals surface area contributed by atoms with E-state index < -0.39 is 0 Å². The van der Waals surface area contributed by atoms with Crippen LogP contribution in [0.2, 0.25) is 0 Å². The Morgan fingerprint density at radius 2 is 1.02 bits per heavy atom. The lowest BCUT2D eigenvalue weighted by molar-refractivity contribution is 0.623. The predicted octanol–water partition coefficient (Wildman–Crippen LogP) is 13.8. The second kappa shape index (κ2) is 12.2. The van der Waals surface area contributed by atoms with Crippen molar-refractivity contribution in [2.75, 3.05) is 4.90 Å². The molecule has 0 spiro atoms. The summed E-state index contributed by atoms with van der Waals surface area (Å²) < 4.78 is 6.51. The molecule has 3 nitrogen and oxygen atoms in total. The molecule has 0 N–H and O–H groups in total. The largest absolute Gasteiger partial charge is 0.435 e. The lowest BCUT2D eigenvalue weighted by atomic mass is 9.82. The van der Waals surface area contributed by atoms with Crippen molar-refractivity contribution < 1.29 is 4.42 Å². The maximum absolute atomic E-state index is 6.51. The van der Waals surface area contributed by atoms with Crippen molar-refractivity contribution in [3.05, 3.63) is 193 Å². The number of aromatic nitrogens is 1. The first-order valence-corrected chi connectivity index (χ1v) is 18.2. The smallest absolute Gasteiger partial charge is 0.227 e. The number of benzene rings is 8. The maximum Gasteiger partial charge on any atom is 0.227 e. The molecule has 1 aromatic heterocycles. The minimum absolute atomic E-state index is 0.105. The van der Waals surface area contributed by atoms with Crippen molar-refractivity contribution in [1.82, 2.24) is 4.98 Å². The second-order valence-corrected chi connectivity index (χ2v) is 14.4. The van der Waals surface area contributed by atoms with Crippen molar-refractivity contribution in [3.63, 3.8) is 0 Å². The number of fused-ring (bicyclic) bond motifs is 6. The summed E-state index contributed by atoms with van der Waals surface area (Å²) in [4.78, 5) is 7.45. The first-order valence-electron chi connectivity index (χ1n) is 18.2. The molecule has 0 fully saturated rings. The highest BCUT2D eigenvalue weighted by atomic mass is 16.3. The Kier molecular flexibility index (Phi) is 7.16. The molecule has 0 aliphatic heterocycles. The molecule has 1 heterocycles. The maximum atomic E-state index is 6.51. The number of oxazole rings is 1. The fourth-order valence-corrected chi connectivity index (χ4v) is 8.17. The molecule has 1 aliphatic carbocycles. The molecule has 8 aromatic carbocycles. The summed E-state index contributed by atoms with van der Waals surface area (Å²) in [6.45, 7) is 4.68. The van der Waals surface area contributed by atoms with Gasteiger partial charge in [-0.2, -0.15) is 0 Å². The van der Waals surface area contributed by atoms with E-state index >= 15 is 0 Å². The highest BCUT2D eigenvalue weighted by Crippen LogP contribution is 2.51. The van der Waals surface area contributed by atoms with Gasteiger partial charge >= 0.3 is 0 Å². The number of rotatable bonds is 6. The molecule has 3 heteroatoms. The lowest BCUT2D eigenvalue weighted by Gasteiger charge is -2.28. The minimum atomic E-state index is -0.105. The molecule has 0 radical (unpaired) electrons. The van der Waals surface area contributed by atoms with Crippen molar-refractivity contribution in [2.45, 2.75) is 19.3 Å². The van der Waals surface area contributed by atoms with Crippen LogP contribution in [-0.4, -0.2) is 4.98 Å². The van der Waals surface area contributed by atoms with E-state index in [2.05, 4.69) is 170 Å². The van der Waals surface area contributed by atoms with Gasteiger partial charge in [0.25, 0.3) is 0 Å². The zero-order valence-corrected chi connectivity index (χ0v) is 29.6. The fraction of sp³-hybridized carbons (Fsp3) is 0.0600. The Labute approximate surface area is 309 Å². The Balaban J connectivity index is 1.10. The van der Waals surface area contributed by atoms with Crippen LogP contribution >= 0.6 is 0 Å². The summed E-state index contributed by atoms with van der Waals surface area (Å²) in [5.74, 6) is 0.627. The summed E-state index contributed by atoms with van der Waals surface area (Å²) in [6, 6.07) is 64.9. The van der Waals surface area contributed by atoms with E-state index in [1.165, 1.54) is 33.4 Å². The molecule has 0 saturated heterocycles. The first kappa shape index (κ1) is 31.1. The Morgan fingerprint density at radius 3 is 1.75 bits per heavy atom. The molecule has 0 atom stereocenters. The van der Waals surface area contributed by atoms with Gasteiger partial charge in [-0.3, -0.25) is 0 Å². The van der Waals surface area contributed by atoms with Gasteiger partial charge in [-0.15, -0.1) is 0 Å². The van der Waals surface area contributed by atoms with E-state index in [9.17, 15) is 0 Å². The van der Waals surface area contributed by atoms with Crippen LogP contribution < -0.4 is 4.90 Å². The van der Waals surface area contributed by atoms with Crippen molar-refractivity contribution in [3.8, 4) is 44.8 Å². The van der Waals surface area contributed by atoms with Gasteiger partial charge in [-0.05, 0) is 98.9 Å². The van der Waals surface area contributed by atoms with Crippen LogP contribution in [0.15, 0.2) is 186 Å². The average Bonchev–Trinajstić information content (AvgIpc) is 3.77. The van der Waals surface area contributed by atoms with Gasteiger partial charge in [0.1, 0.15) is 5.52 Å². The molecule has 9 aromatic rings. The van der Waals surface area contributed by atoms with E-state index in [-0.39, 0.29) is 5.41 Å². The molecule has 0 bridgehead atoms. The van der Waals surface area contributed by atoms with E-state index in [0.717, 1.165) is 55.6 Å². The molecule has 0 amide bonds. The normalized spacial score (nSPS) is 12.9. The van der Waals surface area contributed by atoms with Crippen LogP contribution in [0.1, 0.15) is 25.0 Å². The standard InChI is InChI=1S/C50H36N2O/c1-50(2)45-20-12-11-19-42(45)43-30-29-40(32-46(43)50)52(38-25-21-34(22-26-38)33-13-5-3-6-14-33)39-27-23-35(24-28-39)44-31-37-17-9-10-18-41(37)48-47(44)51-49(53-48)36-15-7-4-8-16-36/h3-32H,1-2H3. The molecular weight excluding hydrogens is 645 g/mol. The van der Waals surface area contributed by atoms with Crippen molar-refractivity contribution in [1.29, 1.82) is 0 Å². The van der Waals surface area contributed by atoms with E-state index in [1.54, 1.807) is 0 Å². The van der Waals surface area contributed by atoms with Crippen LogP contribution in [-0.2, 0) is 5.41 Å². The van der Waals surface area contributed by atoms with Gasteiger partial charge in [0.2, 0.25) is 5.89 Å². The summed E-state index contributed by atoms with van der Waals surface area (Å²) in [6.07, 6.45) is 0. The highest BCUT2D eigenvalue weighted by molar-refractivity contribution is 6.10. The third kappa shape index (κ3) is 5.16. The Morgan fingerprint density at radius 1 is 0.453 bits per heavy atom. The van der Waals surface area contributed by atoms with Gasteiger partial charge in [0.05, 0.1) is 0 Å². The van der Waals surface area contributed by atoms with Crippen LogP contribution in [0.4, 0.5) is 17.1 Å². The van der Waals surface area contributed by atoms with Crippen LogP contribution in [0, 0.1) is 0 Å². The van der Waals surface area contributed by atoms with E-state index in [0.29, 0.717) is 5.89 Å². The summed E-state index contributed by atoms with van der Waals surface area (Å²) in [5, 5.41) is 2.18. The predicted molar refractivity (Wildman–Crippen MR) is 220 cm³/mol. The minimum Gasteiger partial charge on any atom is -0.435 e. The Bertz CT molecular complexity index is 2780. The highest BCUT2D eigenvalue weighted by Gasteiger charge is 2.35. The molecule has 0 saturated carbocycles. The van der Waals surface area contributed by atoms with Gasteiger partial charge in [-0.1, -0.05) is 141 Å².